The summed E-state index contributed by atoms with van der Waals surface area (Å²) in [6, 6.07) is 22.3. The number of para-hydroxylation sites is 3. The summed E-state index contributed by atoms with van der Waals surface area (Å²) in [6.07, 6.45) is 3.93. The van der Waals surface area contributed by atoms with Crippen molar-refractivity contribution in [2.45, 2.75) is 53.0 Å². The van der Waals surface area contributed by atoms with Gasteiger partial charge in [0.25, 0.3) is 5.91 Å². The van der Waals surface area contributed by atoms with Gasteiger partial charge in [0.15, 0.2) is 0 Å². The van der Waals surface area contributed by atoms with Crippen molar-refractivity contribution < 1.29 is 9.53 Å². The molecule has 0 saturated carbocycles. The van der Waals surface area contributed by atoms with Crippen LogP contribution in [0.25, 0.3) is 11.0 Å². The molecule has 0 saturated heterocycles. The second-order valence-corrected chi connectivity index (χ2v) is 9.17. The molecule has 1 amide bonds. The minimum absolute atomic E-state index is 0.0120. The molecule has 0 aliphatic rings. The molecular formula is C30H35N3O2. The highest BCUT2D eigenvalue weighted by Crippen LogP contribution is 2.20. The molecule has 4 aromatic rings. The van der Waals surface area contributed by atoms with Crippen LogP contribution in [-0.4, -0.2) is 28.6 Å². The van der Waals surface area contributed by atoms with Gasteiger partial charge in [-0.15, -0.1) is 0 Å². The first kappa shape index (κ1) is 24.5. The summed E-state index contributed by atoms with van der Waals surface area (Å²) in [7, 11) is 0. The van der Waals surface area contributed by atoms with E-state index >= 15 is 0 Å². The monoisotopic (exact) mass is 469 g/mol. The van der Waals surface area contributed by atoms with Crippen LogP contribution in [0.4, 0.5) is 0 Å². The molecule has 5 nitrogen and oxygen atoms in total. The van der Waals surface area contributed by atoms with Gasteiger partial charge in [-0.05, 0) is 69.0 Å². The van der Waals surface area contributed by atoms with E-state index in [1.165, 1.54) is 5.56 Å². The SMILES string of the molecule is Cc1ccc(C(=O)NCCCCCc2nc3ccccc3n2CCOc2ccccc2C)c(C)c1. The quantitative estimate of drug-likeness (QED) is 0.267. The number of nitrogens with zero attached hydrogens (tertiary/aromatic N) is 2. The van der Waals surface area contributed by atoms with Crippen LogP contribution >= 0.6 is 0 Å². The Morgan fingerprint density at radius 3 is 2.54 bits per heavy atom. The fraction of sp³-hybridized carbons (Fsp3) is 0.333. The summed E-state index contributed by atoms with van der Waals surface area (Å²) in [6.45, 7) is 8.14. The molecule has 0 bridgehead atoms. The Morgan fingerprint density at radius 2 is 1.71 bits per heavy atom. The van der Waals surface area contributed by atoms with Crippen LogP contribution in [0.1, 0.15) is 52.1 Å². The number of imidazole rings is 1. The number of benzene rings is 3. The van der Waals surface area contributed by atoms with Crippen LogP contribution in [-0.2, 0) is 13.0 Å². The Balaban J connectivity index is 1.28. The number of fused-ring (bicyclic) bond motifs is 1. The third-order valence-corrected chi connectivity index (χ3v) is 6.39. The number of nitrogens with one attached hydrogen (secondary N) is 1. The van der Waals surface area contributed by atoms with Gasteiger partial charge in [-0.1, -0.05) is 54.4 Å². The van der Waals surface area contributed by atoms with Gasteiger partial charge in [-0.25, -0.2) is 4.98 Å². The number of carbonyl (C=O) groups is 1. The molecule has 35 heavy (non-hydrogen) atoms. The Bertz CT molecular complexity index is 1290. The van der Waals surface area contributed by atoms with Crippen LogP contribution in [0.2, 0.25) is 0 Å². The number of aromatic nitrogens is 2. The van der Waals surface area contributed by atoms with Crippen molar-refractivity contribution >= 4 is 16.9 Å². The summed E-state index contributed by atoms with van der Waals surface area (Å²) in [4.78, 5) is 17.4. The third-order valence-electron chi connectivity index (χ3n) is 6.39. The predicted octanol–water partition coefficient (Wildman–Crippen LogP) is 6.18. The lowest BCUT2D eigenvalue weighted by Crippen LogP contribution is -2.25. The van der Waals surface area contributed by atoms with Crippen LogP contribution in [0.15, 0.2) is 66.7 Å². The number of amides is 1. The van der Waals surface area contributed by atoms with Crippen molar-refractivity contribution in [1.82, 2.24) is 14.9 Å². The van der Waals surface area contributed by atoms with Crippen molar-refractivity contribution in [2.75, 3.05) is 13.2 Å². The summed E-state index contributed by atoms with van der Waals surface area (Å²) in [5.41, 5.74) is 6.28. The van der Waals surface area contributed by atoms with Crippen LogP contribution < -0.4 is 10.1 Å². The summed E-state index contributed by atoms with van der Waals surface area (Å²) < 4.78 is 8.34. The topological polar surface area (TPSA) is 56.2 Å². The van der Waals surface area contributed by atoms with Gasteiger partial charge in [-0.3, -0.25) is 4.79 Å². The first-order chi connectivity index (χ1) is 17.0. The summed E-state index contributed by atoms with van der Waals surface area (Å²) in [5.74, 6) is 2.04. The number of hydrogen-bond donors (Lipinski definition) is 1. The largest absolute Gasteiger partial charge is 0.491 e. The lowest BCUT2D eigenvalue weighted by atomic mass is 10.1. The molecule has 182 valence electrons. The Kier molecular flexibility index (Phi) is 8.19. The first-order valence-corrected chi connectivity index (χ1v) is 12.5. The maximum atomic E-state index is 12.5. The lowest BCUT2D eigenvalue weighted by Gasteiger charge is -2.12. The minimum atomic E-state index is 0.0120. The van der Waals surface area contributed by atoms with Gasteiger partial charge in [0, 0.05) is 18.5 Å². The summed E-state index contributed by atoms with van der Waals surface area (Å²) in [5, 5.41) is 3.06. The Morgan fingerprint density at radius 1 is 0.914 bits per heavy atom. The molecule has 0 radical (unpaired) electrons. The molecule has 5 heteroatoms. The standard InChI is InChI=1S/C30H35N3O2/c1-22-16-17-25(24(3)21-22)30(34)31-18-10-4-5-15-29-32-26-12-7-8-13-27(26)33(29)19-20-35-28-14-9-6-11-23(28)2/h6-9,11-14,16-17,21H,4-5,10,15,18-20H2,1-3H3,(H,31,34). The molecule has 3 aromatic carbocycles. The summed E-state index contributed by atoms with van der Waals surface area (Å²) >= 11 is 0. The zero-order valence-electron chi connectivity index (χ0n) is 21.0. The van der Waals surface area contributed by atoms with E-state index in [0.717, 1.165) is 71.5 Å². The van der Waals surface area contributed by atoms with Gasteiger partial charge in [0.1, 0.15) is 18.2 Å². The van der Waals surface area contributed by atoms with E-state index in [-0.39, 0.29) is 5.91 Å². The van der Waals surface area contributed by atoms with Crippen molar-refractivity contribution in [3.05, 3.63) is 94.8 Å². The first-order valence-electron chi connectivity index (χ1n) is 12.5. The molecule has 0 aliphatic carbocycles. The Labute approximate surface area is 208 Å². The normalized spacial score (nSPS) is 11.1. The van der Waals surface area contributed by atoms with E-state index < -0.39 is 0 Å². The molecule has 0 atom stereocenters. The molecular weight excluding hydrogens is 434 g/mol. The lowest BCUT2D eigenvalue weighted by molar-refractivity contribution is 0.0952. The van der Waals surface area contributed by atoms with E-state index in [4.69, 9.17) is 9.72 Å². The van der Waals surface area contributed by atoms with Gasteiger partial charge in [-0.2, -0.15) is 0 Å². The minimum Gasteiger partial charge on any atom is -0.491 e. The second kappa shape index (κ2) is 11.7. The molecule has 0 spiro atoms. The van der Waals surface area contributed by atoms with Crippen molar-refractivity contribution in [3.8, 4) is 5.75 Å². The fourth-order valence-corrected chi connectivity index (χ4v) is 4.48. The van der Waals surface area contributed by atoms with Crippen molar-refractivity contribution in [3.63, 3.8) is 0 Å². The van der Waals surface area contributed by atoms with E-state index in [2.05, 4.69) is 41.1 Å². The molecule has 0 unspecified atom stereocenters. The average Bonchev–Trinajstić information content (AvgIpc) is 3.19. The number of aryl methyl sites for hydroxylation is 4. The number of unbranched alkanes of at least 4 members (excludes halogenated alkanes) is 2. The number of hydrogen-bond acceptors (Lipinski definition) is 3. The van der Waals surface area contributed by atoms with Crippen LogP contribution in [0.5, 0.6) is 5.75 Å². The smallest absolute Gasteiger partial charge is 0.251 e. The zero-order chi connectivity index (χ0) is 24.6. The molecule has 1 heterocycles. The molecule has 4 rings (SSSR count). The highest BCUT2D eigenvalue weighted by molar-refractivity contribution is 5.95. The van der Waals surface area contributed by atoms with Gasteiger partial charge in [0.05, 0.1) is 17.6 Å². The fourth-order valence-electron chi connectivity index (χ4n) is 4.48. The average molecular weight is 470 g/mol. The van der Waals surface area contributed by atoms with Crippen molar-refractivity contribution in [2.24, 2.45) is 0 Å². The number of rotatable bonds is 11. The Hall–Kier alpha value is -3.60. The molecule has 1 N–H and O–H groups in total. The number of ether oxygens (including phenoxy) is 1. The van der Waals surface area contributed by atoms with E-state index in [9.17, 15) is 4.79 Å². The predicted molar refractivity (Wildman–Crippen MR) is 142 cm³/mol. The highest BCUT2D eigenvalue weighted by atomic mass is 16.5. The van der Waals surface area contributed by atoms with E-state index in [1.54, 1.807) is 0 Å². The molecule has 1 aromatic heterocycles. The highest BCUT2D eigenvalue weighted by Gasteiger charge is 2.11. The van der Waals surface area contributed by atoms with E-state index in [1.807, 2.05) is 56.3 Å². The maximum absolute atomic E-state index is 12.5. The molecule has 0 fully saturated rings. The van der Waals surface area contributed by atoms with Gasteiger partial charge >= 0.3 is 0 Å². The van der Waals surface area contributed by atoms with E-state index in [0.29, 0.717) is 13.2 Å². The van der Waals surface area contributed by atoms with Gasteiger partial charge < -0.3 is 14.6 Å². The molecule has 0 aliphatic heterocycles. The van der Waals surface area contributed by atoms with Crippen LogP contribution in [0.3, 0.4) is 0 Å². The van der Waals surface area contributed by atoms with Gasteiger partial charge in [0.2, 0.25) is 0 Å². The van der Waals surface area contributed by atoms with Crippen LogP contribution in [0, 0.1) is 20.8 Å². The number of carbonyl (C=O) groups excluding carboxylic acids is 1. The third kappa shape index (κ3) is 6.30. The second-order valence-electron chi connectivity index (χ2n) is 9.17. The van der Waals surface area contributed by atoms with Crippen molar-refractivity contribution in [1.29, 1.82) is 0 Å². The maximum Gasteiger partial charge on any atom is 0.251 e. The zero-order valence-corrected chi connectivity index (χ0v) is 21.0.